The van der Waals surface area contributed by atoms with E-state index in [1.807, 2.05) is 54.6 Å². The normalized spacial score (nSPS) is 10.4. The van der Waals surface area contributed by atoms with Crippen LogP contribution >= 0.6 is 0 Å². The van der Waals surface area contributed by atoms with Gasteiger partial charge in [0.15, 0.2) is 5.69 Å². The third kappa shape index (κ3) is 3.80. The number of nitrogens with zero attached hydrogens (tertiary/aromatic N) is 2. The molecule has 2 aromatic carbocycles. The minimum atomic E-state index is -0.512. The van der Waals surface area contributed by atoms with Gasteiger partial charge >= 0.3 is 0 Å². The van der Waals surface area contributed by atoms with Crippen LogP contribution in [-0.4, -0.2) is 22.8 Å². The first-order valence-electron chi connectivity index (χ1n) is 8.16. The molecule has 26 heavy (non-hydrogen) atoms. The molecule has 0 saturated heterocycles. The molecule has 0 spiro atoms. The number of nitrogens with one attached hydrogen (secondary N) is 1. The van der Waals surface area contributed by atoms with Crippen molar-refractivity contribution < 1.29 is 9.53 Å². The van der Waals surface area contributed by atoms with Crippen molar-refractivity contribution in [2.75, 3.05) is 7.11 Å². The first-order valence-corrected chi connectivity index (χ1v) is 8.16. The molecule has 0 fully saturated rings. The summed E-state index contributed by atoms with van der Waals surface area (Å²) in [5.74, 6) is 0.194. The fourth-order valence-corrected chi connectivity index (χ4v) is 2.58. The number of para-hydroxylation sites is 1. The van der Waals surface area contributed by atoms with Crippen LogP contribution in [0.4, 0.5) is 0 Å². The summed E-state index contributed by atoms with van der Waals surface area (Å²) in [5.41, 5.74) is 1.77. The van der Waals surface area contributed by atoms with Crippen molar-refractivity contribution in [3.05, 3.63) is 87.8 Å². The Bertz CT molecular complexity index is 981. The largest absolute Gasteiger partial charge is 0.497 e. The van der Waals surface area contributed by atoms with Gasteiger partial charge in [0.05, 0.1) is 12.8 Å². The molecule has 132 valence electrons. The molecule has 0 saturated carbocycles. The van der Waals surface area contributed by atoms with E-state index in [0.29, 0.717) is 11.4 Å². The van der Waals surface area contributed by atoms with E-state index in [2.05, 4.69) is 10.4 Å². The van der Waals surface area contributed by atoms with Crippen LogP contribution in [-0.2, 0) is 6.54 Å². The van der Waals surface area contributed by atoms with Crippen LogP contribution in [0.2, 0.25) is 0 Å². The molecule has 0 radical (unpaired) electrons. The molecule has 1 heterocycles. The van der Waals surface area contributed by atoms with Crippen molar-refractivity contribution in [1.29, 1.82) is 0 Å². The van der Waals surface area contributed by atoms with E-state index in [1.54, 1.807) is 18.7 Å². The highest BCUT2D eigenvalue weighted by Gasteiger charge is 2.15. The molecule has 0 aliphatic carbocycles. The topological polar surface area (TPSA) is 73.2 Å². The molecule has 1 aromatic heterocycles. The average molecular weight is 349 g/mol. The molecule has 3 aromatic rings. The lowest BCUT2D eigenvalue weighted by atomic mass is 10.2. The SMILES string of the molecule is COc1cccc(CNC(=O)c2nn(-c3ccccc3)c(C)cc2=O)c1. The zero-order chi connectivity index (χ0) is 18.5. The molecule has 0 unspecified atom stereocenters. The second-order valence-electron chi connectivity index (χ2n) is 5.78. The third-order valence-electron chi connectivity index (χ3n) is 3.91. The highest BCUT2D eigenvalue weighted by molar-refractivity contribution is 5.92. The number of hydrogen-bond acceptors (Lipinski definition) is 4. The molecule has 1 amide bonds. The lowest BCUT2D eigenvalue weighted by molar-refractivity contribution is 0.0943. The van der Waals surface area contributed by atoms with Gasteiger partial charge in [-0.05, 0) is 36.8 Å². The Morgan fingerprint density at radius 1 is 1.12 bits per heavy atom. The van der Waals surface area contributed by atoms with Crippen LogP contribution < -0.4 is 15.5 Å². The summed E-state index contributed by atoms with van der Waals surface area (Å²) in [6, 6.07) is 18.1. The number of hydrogen-bond donors (Lipinski definition) is 1. The smallest absolute Gasteiger partial charge is 0.276 e. The van der Waals surface area contributed by atoms with Crippen LogP contribution in [0.15, 0.2) is 65.5 Å². The molecule has 0 atom stereocenters. The van der Waals surface area contributed by atoms with E-state index < -0.39 is 11.3 Å². The average Bonchev–Trinajstić information content (AvgIpc) is 2.67. The van der Waals surface area contributed by atoms with Crippen LogP contribution in [0.25, 0.3) is 5.69 Å². The van der Waals surface area contributed by atoms with E-state index in [-0.39, 0.29) is 12.2 Å². The molecule has 6 heteroatoms. The summed E-state index contributed by atoms with van der Waals surface area (Å²) in [7, 11) is 1.58. The third-order valence-corrected chi connectivity index (χ3v) is 3.91. The second kappa shape index (κ2) is 7.65. The number of methoxy groups -OCH3 is 1. The van der Waals surface area contributed by atoms with Crippen molar-refractivity contribution >= 4 is 5.91 Å². The van der Waals surface area contributed by atoms with Gasteiger partial charge in [0.25, 0.3) is 5.91 Å². The minimum Gasteiger partial charge on any atom is -0.497 e. The Balaban J connectivity index is 1.84. The van der Waals surface area contributed by atoms with Gasteiger partial charge in [-0.15, -0.1) is 0 Å². The van der Waals surface area contributed by atoms with Gasteiger partial charge in [0.2, 0.25) is 5.43 Å². The highest BCUT2D eigenvalue weighted by atomic mass is 16.5. The zero-order valence-electron chi connectivity index (χ0n) is 14.6. The van der Waals surface area contributed by atoms with Gasteiger partial charge in [-0.3, -0.25) is 9.59 Å². The number of aryl methyl sites for hydroxylation is 1. The van der Waals surface area contributed by atoms with Crippen molar-refractivity contribution in [2.24, 2.45) is 0 Å². The van der Waals surface area contributed by atoms with Crippen molar-refractivity contribution in [3.63, 3.8) is 0 Å². The first kappa shape index (κ1) is 17.4. The van der Waals surface area contributed by atoms with Gasteiger partial charge < -0.3 is 10.1 Å². The Morgan fingerprint density at radius 2 is 1.88 bits per heavy atom. The van der Waals surface area contributed by atoms with E-state index in [9.17, 15) is 9.59 Å². The van der Waals surface area contributed by atoms with Crippen LogP contribution in [0.1, 0.15) is 21.7 Å². The molecular weight excluding hydrogens is 330 g/mol. The lowest BCUT2D eigenvalue weighted by Gasteiger charge is -2.11. The predicted molar refractivity (Wildman–Crippen MR) is 98.7 cm³/mol. The van der Waals surface area contributed by atoms with Gasteiger partial charge in [-0.1, -0.05) is 30.3 Å². The van der Waals surface area contributed by atoms with Crippen molar-refractivity contribution in [3.8, 4) is 11.4 Å². The molecule has 0 aliphatic heterocycles. The molecule has 3 rings (SSSR count). The summed E-state index contributed by atoms with van der Waals surface area (Å²) in [6.07, 6.45) is 0. The molecule has 6 nitrogen and oxygen atoms in total. The van der Waals surface area contributed by atoms with E-state index >= 15 is 0 Å². The number of benzene rings is 2. The number of aromatic nitrogens is 2. The minimum absolute atomic E-state index is 0.137. The fourth-order valence-electron chi connectivity index (χ4n) is 2.58. The van der Waals surface area contributed by atoms with Gasteiger partial charge in [-0.25, -0.2) is 4.68 Å². The van der Waals surface area contributed by atoms with E-state index in [4.69, 9.17) is 4.74 Å². The summed E-state index contributed by atoms with van der Waals surface area (Å²) in [6.45, 7) is 2.05. The second-order valence-corrected chi connectivity index (χ2v) is 5.78. The lowest BCUT2D eigenvalue weighted by Crippen LogP contribution is -2.31. The molecule has 0 aliphatic rings. The molecule has 1 N–H and O–H groups in total. The van der Waals surface area contributed by atoms with Crippen LogP contribution in [0, 0.1) is 6.92 Å². The van der Waals surface area contributed by atoms with E-state index in [0.717, 1.165) is 11.3 Å². The fraction of sp³-hybridized carbons (Fsp3) is 0.150. The van der Waals surface area contributed by atoms with Gasteiger partial charge in [0.1, 0.15) is 5.75 Å². The van der Waals surface area contributed by atoms with Crippen molar-refractivity contribution in [1.82, 2.24) is 15.1 Å². The number of ether oxygens (including phenoxy) is 1. The maximum atomic E-state index is 12.5. The van der Waals surface area contributed by atoms with Crippen LogP contribution in [0.5, 0.6) is 5.75 Å². The number of rotatable bonds is 5. The molecule has 0 bridgehead atoms. The summed E-state index contributed by atoms with van der Waals surface area (Å²) in [4.78, 5) is 24.7. The predicted octanol–water partition coefficient (Wildman–Crippen LogP) is 2.48. The maximum Gasteiger partial charge on any atom is 0.276 e. The van der Waals surface area contributed by atoms with Gasteiger partial charge in [-0.2, -0.15) is 5.10 Å². The van der Waals surface area contributed by atoms with Gasteiger partial charge in [0, 0.05) is 18.3 Å². The highest BCUT2D eigenvalue weighted by Crippen LogP contribution is 2.12. The standard InChI is InChI=1S/C20H19N3O3/c1-14-11-18(24)19(22-23(14)16-8-4-3-5-9-16)20(25)21-13-15-7-6-10-17(12-15)26-2/h3-12H,13H2,1-2H3,(H,21,25). The monoisotopic (exact) mass is 349 g/mol. The van der Waals surface area contributed by atoms with E-state index in [1.165, 1.54) is 6.07 Å². The number of carbonyl (C=O) groups is 1. The number of amides is 1. The quantitative estimate of drug-likeness (QED) is 0.768. The molecular formula is C20H19N3O3. The summed E-state index contributed by atoms with van der Waals surface area (Å²) >= 11 is 0. The number of carbonyl (C=O) groups excluding carboxylic acids is 1. The Kier molecular flexibility index (Phi) is 5.12. The first-order chi connectivity index (χ1) is 12.6. The van der Waals surface area contributed by atoms with Crippen LogP contribution in [0.3, 0.4) is 0 Å². The summed E-state index contributed by atoms with van der Waals surface area (Å²) in [5, 5.41) is 6.99. The Hall–Kier alpha value is -3.41. The maximum absolute atomic E-state index is 12.5. The van der Waals surface area contributed by atoms with Crippen molar-refractivity contribution in [2.45, 2.75) is 13.5 Å². The Labute approximate surface area is 151 Å². The zero-order valence-corrected chi connectivity index (χ0v) is 14.6. The Morgan fingerprint density at radius 3 is 2.62 bits per heavy atom. The summed E-state index contributed by atoms with van der Waals surface area (Å²) < 4.78 is 6.75.